The molecule has 5 heteroatoms. The van der Waals surface area contributed by atoms with Gasteiger partial charge in [0.2, 0.25) is 0 Å². The van der Waals surface area contributed by atoms with Crippen LogP contribution in [0, 0.1) is 0 Å². The van der Waals surface area contributed by atoms with Crippen LogP contribution in [-0.2, 0) is 6.42 Å². The third-order valence-electron chi connectivity index (χ3n) is 4.17. The predicted molar refractivity (Wildman–Crippen MR) is 101 cm³/mol. The Morgan fingerprint density at radius 1 is 1.04 bits per heavy atom. The van der Waals surface area contributed by atoms with Gasteiger partial charge in [0.05, 0.1) is 18.4 Å². The zero-order valence-corrected chi connectivity index (χ0v) is 14.9. The van der Waals surface area contributed by atoms with Crippen LogP contribution < -0.4 is 4.74 Å². The van der Waals surface area contributed by atoms with Crippen molar-refractivity contribution in [2.75, 3.05) is 20.7 Å². The van der Waals surface area contributed by atoms with Crippen LogP contribution in [0.3, 0.4) is 0 Å². The molecule has 132 valence electrons. The Balaban J connectivity index is 1.68. The number of hydrogen-bond donors (Lipinski definition) is 0. The summed E-state index contributed by atoms with van der Waals surface area (Å²) in [4.78, 5) is 23.0. The van der Waals surface area contributed by atoms with Crippen molar-refractivity contribution >= 4 is 5.91 Å². The molecule has 0 bridgehead atoms. The Morgan fingerprint density at radius 3 is 2.54 bits per heavy atom. The fourth-order valence-electron chi connectivity index (χ4n) is 2.69. The van der Waals surface area contributed by atoms with E-state index in [-0.39, 0.29) is 5.91 Å². The minimum absolute atomic E-state index is 0.0555. The molecule has 0 saturated heterocycles. The van der Waals surface area contributed by atoms with Gasteiger partial charge in [-0.05, 0) is 36.4 Å². The first kappa shape index (κ1) is 17.6. The Hall–Kier alpha value is -3.21. The van der Waals surface area contributed by atoms with E-state index in [0.29, 0.717) is 12.1 Å². The molecule has 0 aliphatic carbocycles. The number of rotatable bonds is 6. The van der Waals surface area contributed by atoms with E-state index in [2.05, 4.69) is 9.97 Å². The molecule has 0 fully saturated rings. The molecular formula is C21H21N3O2. The number of para-hydroxylation sites is 1. The summed E-state index contributed by atoms with van der Waals surface area (Å²) in [6.07, 6.45) is 4.09. The van der Waals surface area contributed by atoms with Crippen molar-refractivity contribution in [1.29, 1.82) is 0 Å². The summed E-state index contributed by atoms with van der Waals surface area (Å²) in [5.41, 5.74) is 3.21. The summed E-state index contributed by atoms with van der Waals surface area (Å²) in [6, 6.07) is 17.1. The molecule has 5 nitrogen and oxygen atoms in total. The highest BCUT2D eigenvalue weighted by atomic mass is 16.5. The fraction of sp³-hybridized carbons (Fsp3) is 0.190. The molecule has 0 spiro atoms. The number of methoxy groups -OCH3 is 1. The minimum atomic E-state index is -0.0555. The van der Waals surface area contributed by atoms with Crippen LogP contribution in [0.5, 0.6) is 5.75 Å². The molecule has 1 aromatic carbocycles. The lowest BCUT2D eigenvalue weighted by Crippen LogP contribution is -2.29. The summed E-state index contributed by atoms with van der Waals surface area (Å²) in [5.74, 6) is 0.701. The third-order valence-corrected chi connectivity index (χ3v) is 4.17. The Labute approximate surface area is 153 Å². The van der Waals surface area contributed by atoms with Crippen molar-refractivity contribution < 1.29 is 9.53 Å². The number of aromatic nitrogens is 2. The van der Waals surface area contributed by atoms with Gasteiger partial charge in [-0.25, -0.2) is 0 Å². The van der Waals surface area contributed by atoms with E-state index in [9.17, 15) is 4.79 Å². The predicted octanol–water partition coefficient (Wildman–Crippen LogP) is 3.47. The topological polar surface area (TPSA) is 55.3 Å². The van der Waals surface area contributed by atoms with Crippen LogP contribution in [0.4, 0.5) is 0 Å². The lowest BCUT2D eigenvalue weighted by molar-refractivity contribution is 0.0796. The monoisotopic (exact) mass is 347 g/mol. The summed E-state index contributed by atoms with van der Waals surface area (Å²) in [5, 5.41) is 0. The molecule has 26 heavy (non-hydrogen) atoms. The van der Waals surface area contributed by atoms with Gasteiger partial charge in [0.15, 0.2) is 0 Å². The van der Waals surface area contributed by atoms with Crippen LogP contribution >= 0.6 is 0 Å². The lowest BCUT2D eigenvalue weighted by Gasteiger charge is -2.17. The van der Waals surface area contributed by atoms with Crippen LogP contribution in [0.15, 0.2) is 67.0 Å². The zero-order chi connectivity index (χ0) is 18.4. The number of carbonyl (C=O) groups is 1. The Kier molecular flexibility index (Phi) is 5.59. The first-order valence-electron chi connectivity index (χ1n) is 8.44. The smallest absolute Gasteiger partial charge is 0.255 e. The van der Waals surface area contributed by atoms with Gasteiger partial charge in [0.25, 0.3) is 5.91 Å². The number of carbonyl (C=O) groups excluding carboxylic acids is 1. The number of amides is 1. The Bertz CT molecular complexity index is 864. The second kappa shape index (κ2) is 8.25. The van der Waals surface area contributed by atoms with Gasteiger partial charge in [-0.2, -0.15) is 0 Å². The van der Waals surface area contributed by atoms with Crippen molar-refractivity contribution in [2.24, 2.45) is 0 Å². The molecule has 2 heterocycles. The lowest BCUT2D eigenvalue weighted by atomic mass is 10.1. The highest BCUT2D eigenvalue weighted by Crippen LogP contribution is 2.27. The van der Waals surface area contributed by atoms with Gasteiger partial charge in [-0.3, -0.25) is 14.8 Å². The quantitative estimate of drug-likeness (QED) is 0.685. The van der Waals surface area contributed by atoms with Crippen molar-refractivity contribution in [3.8, 4) is 17.0 Å². The van der Waals surface area contributed by atoms with Crippen molar-refractivity contribution in [3.05, 3.63) is 78.2 Å². The number of benzene rings is 1. The summed E-state index contributed by atoms with van der Waals surface area (Å²) >= 11 is 0. The molecule has 3 rings (SSSR count). The third kappa shape index (κ3) is 4.06. The van der Waals surface area contributed by atoms with Crippen LogP contribution in [-0.4, -0.2) is 41.5 Å². The Morgan fingerprint density at radius 2 is 1.85 bits per heavy atom. The van der Waals surface area contributed by atoms with Gasteiger partial charge >= 0.3 is 0 Å². The van der Waals surface area contributed by atoms with Crippen LogP contribution in [0.1, 0.15) is 16.1 Å². The molecule has 0 unspecified atom stereocenters. The average Bonchev–Trinajstić information content (AvgIpc) is 2.72. The number of nitrogens with zero attached hydrogens (tertiary/aromatic N) is 3. The normalized spacial score (nSPS) is 10.4. The fourth-order valence-corrected chi connectivity index (χ4v) is 2.69. The maximum absolute atomic E-state index is 12.6. The van der Waals surface area contributed by atoms with Crippen LogP contribution in [0.25, 0.3) is 11.3 Å². The van der Waals surface area contributed by atoms with Gasteiger partial charge < -0.3 is 9.64 Å². The summed E-state index contributed by atoms with van der Waals surface area (Å²) in [6.45, 7) is 0.601. The number of pyridine rings is 2. The van der Waals surface area contributed by atoms with Crippen molar-refractivity contribution in [2.45, 2.75) is 6.42 Å². The number of likely N-dealkylation sites (N-methyl/N-ethyl adjacent to an activating group) is 1. The molecule has 0 aliphatic heterocycles. The molecular weight excluding hydrogens is 326 g/mol. The van der Waals surface area contributed by atoms with E-state index in [1.54, 1.807) is 37.5 Å². The second-order valence-electron chi connectivity index (χ2n) is 5.93. The van der Waals surface area contributed by atoms with E-state index < -0.39 is 0 Å². The highest BCUT2D eigenvalue weighted by molar-refractivity contribution is 5.94. The maximum Gasteiger partial charge on any atom is 0.255 e. The SMILES string of the molecule is COc1ccccc1-c1ccc(C(=O)N(C)CCc2ccccn2)cn1. The molecule has 1 amide bonds. The molecule has 3 aromatic rings. The molecule has 0 atom stereocenters. The van der Waals surface area contributed by atoms with Crippen molar-refractivity contribution in [3.63, 3.8) is 0 Å². The first-order valence-corrected chi connectivity index (χ1v) is 8.44. The standard InChI is InChI=1S/C21H21N3O2/c1-24(14-12-17-7-5-6-13-22-17)21(25)16-10-11-19(23-15-16)18-8-3-4-9-20(18)26-2/h3-11,13,15H,12,14H2,1-2H3. The molecule has 0 saturated carbocycles. The minimum Gasteiger partial charge on any atom is -0.496 e. The van der Waals surface area contributed by atoms with Crippen molar-refractivity contribution in [1.82, 2.24) is 14.9 Å². The van der Waals surface area contributed by atoms with E-state index in [4.69, 9.17) is 4.74 Å². The second-order valence-corrected chi connectivity index (χ2v) is 5.93. The van der Waals surface area contributed by atoms with Crippen LogP contribution in [0.2, 0.25) is 0 Å². The average molecular weight is 347 g/mol. The van der Waals surface area contributed by atoms with Gasteiger partial charge in [0.1, 0.15) is 5.75 Å². The first-order chi connectivity index (χ1) is 12.7. The van der Waals surface area contributed by atoms with E-state index in [1.165, 1.54) is 0 Å². The number of ether oxygens (including phenoxy) is 1. The maximum atomic E-state index is 12.6. The largest absolute Gasteiger partial charge is 0.496 e. The molecule has 0 radical (unpaired) electrons. The summed E-state index contributed by atoms with van der Waals surface area (Å²) in [7, 11) is 3.42. The summed E-state index contributed by atoms with van der Waals surface area (Å²) < 4.78 is 5.37. The zero-order valence-electron chi connectivity index (χ0n) is 14.9. The highest BCUT2D eigenvalue weighted by Gasteiger charge is 2.13. The van der Waals surface area contributed by atoms with Gasteiger partial charge in [0, 0.05) is 43.7 Å². The molecule has 0 N–H and O–H groups in total. The molecule has 0 aliphatic rings. The van der Waals surface area contributed by atoms with E-state index in [1.807, 2.05) is 48.5 Å². The van der Waals surface area contributed by atoms with Gasteiger partial charge in [-0.15, -0.1) is 0 Å². The van der Waals surface area contributed by atoms with Gasteiger partial charge in [-0.1, -0.05) is 18.2 Å². The molecule has 2 aromatic heterocycles. The van der Waals surface area contributed by atoms with E-state index in [0.717, 1.165) is 29.1 Å². The number of hydrogen-bond acceptors (Lipinski definition) is 4. The van der Waals surface area contributed by atoms with E-state index >= 15 is 0 Å².